The average molecular weight is 300 g/mol. The molecule has 0 saturated heterocycles. The lowest BCUT2D eigenvalue weighted by molar-refractivity contribution is -0.133. The standard InChI is InChI=1S/C15H15F3OS/c1-10(2)19-9-12-8-13(11-6-4-3-5-7-11)14(20-12)15(16,17)18/h3-8,10H,9H2,1-2H3. The Hall–Kier alpha value is -1.33. The van der Waals surface area contributed by atoms with E-state index in [2.05, 4.69) is 0 Å². The first-order chi connectivity index (χ1) is 9.38. The Bertz CT molecular complexity index is 558. The Morgan fingerprint density at radius 1 is 1.15 bits per heavy atom. The maximum absolute atomic E-state index is 13.1. The van der Waals surface area contributed by atoms with Gasteiger partial charge in [0.05, 0.1) is 12.7 Å². The molecule has 0 spiro atoms. The highest BCUT2D eigenvalue weighted by Gasteiger charge is 2.36. The fraction of sp³-hybridized carbons (Fsp3) is 0.333. The Morgan fingerprint density at radius 2 is 1.80 bits per heavy atom. The van der Waals surface area contributed by atoms with Crippen molar-refractivity contribution in [1.29, 1.82) is 0 Å². The molecule has 0 saturated carbocycles. The Morgan fingerprint density at radius 3 is 2.35 bits per heavy atom. The highest BCUT2D eigenvalue weighted by molar-refractivity contribution is 7.12. The summed E-state index contributed by atoms with van der Waals surface area (Å²) in [7, 11) is 0. The third-order valence-electron chi connectivity index (χ3n) is 2.68. The zero-order valence-electron chi connectivity index (χ0n) is 11.2. The van der Waals surface area contributed by atoms with E-state index in [1.54, 1.807) is 36.4 Å². The molecule has 2 rings (SSSR count). The minimum Gasteiger partial charge on any atom is -0.373 e. The molecular weight excluding hydrogens is 285 g/mol. The van der Waals surface area contributed by atoms with Gasteiger partial charge in [-0.25, -0.2) is 0 Å². The molecule has 0 amide bonds. The molecule has 0 atom stereocenters. The van der Waals surface area contributed by atoms with Gasteiger partial charge in [0.15, 0.2) is 0 Å². The second-order valence-electron chi connectivity index (χ2n) is 4.68. The van der Waals surface area contributed by atoms with Crippen LogP contribution >= 0.6 is 11.3 Å². The topological polar surface area (TPSA) is 9.23 Å². The fourth-order valence-electron chi connectivity index (χ4n) is 1.80. The molecule has 0 N–H and O–H groups in total. The molecule has 1 aromatic heterocycles. The predicted octanol–water partition coefficient (Wildman–Crippen LogP) is 5.36. The summed E-state index contributed by atoms with van der Waals surface area (Å²) >= 11 is 0.753. The van der Waals surface area contributed by atoms with Crippen molar-refractivity contribution in [1.82, 2.24) is 0 Å². The minimum absolute atomic E-state index is 0.00777. The number of ether oxygens (including phenoxy) is 1. The van der Waals surface area contributed by atoms with E-state index in [4.69, 9.17) is 4.74 Å². The van der Waals surface area contributed by atoms with Crippen LogP contribution in [0.5, 0.6) is 0 Å². The molecule has 1 aromatic carbocycles. The van der Waals surface area contributed by atoms with Gasteiger partial charge in [0, 0.05) is 10.4 Å². The van der Waals surface area contributed by atoms with Crippen molar-refractivity contribution in [3.63, 3.8) is 0 Å². The summed E-state index contributed by atoms with van der Waals surface area (Å²) in [5.41, 5.74) is 0.803. The van der Waals surface area contributed by atoms with Gasteiger partial charge in [-0.1, -0.05) is 30.3 Å². The number of thiophene rings is 1. The molecule has 0 fully saturated rings. The summed E-state index contributed by atoms with van der Waals surface area (Å²) in [6.07, 6.45) is -4.35. The second-order valence-corrected chi connectivity index (χ2v) is 5.82. The summed E-state index contributed by atoms with van der Waals surface area (Å²) in [6.45, 7) is 3.92. The highest BCUT2D eigenvalue weighted by atomic mass is 32.1. The summed E-state index contributed by atoms with van der Waals surface area (Å²) in [5, 5.41) is 0. The first kappa shape index (κ1) is 15.1. The zero-order chi connectivity index (χ0) is 14.8. The molecular formula is C15H15F3OS. The monoisotopic (exact) mass is 300 g/mol. The second kappa shape index (κ2) is 5.97. The van der Waals surface area contributed by atoms with Gasteiger partial charge in [0.1, 0.15) is 4.88 Å². The lowest BCUT2D eigenvalue weighted by Gasteiger charge is -2.07. The average Bonchev–Trinajstić information content (AvgIpc) is 2.81. The molecule has 0 radical (unpaired) electrons. The Balaban J connectivity index is 2.39. The van der Waals surface area contributed by atoms with Gasteiger partial charge in [-0.2, -0.15) is 13.2 Å². The number of alkyl halides is 3. The van der Waals surface area contributed by atoms with E-state index in [1.165, 1.54) is 0 Å². The van der Waals surface area contributed by atoms with Crippen LogP contribution in [-0.4, -0.2) is 6.10 Å². The first-order valence-electron chi connectivity index (χ1n) is 6.25. The minimum atomic E-state index is -4.34. The van der Waals surface area contributed by atoms with E-state index in [0.29, 0.717) is 10.4 Å². The van der Waals surface area contributed by atoms with Crippen LogP contribution in [0, 0.1) is 0 Å². The fourth-order valence-corrected chi connectivity index (χ4v) is 2.77. The molecule has 5 heteroatoms. The number of hydrogen-bond acceptors (Lipinski definition) is 2. The van der Waals surface area contributed by atoms with Crippen molar-refractivity contribution in [3.05, 3.63) is 46.2 Å². The quantitative estimate of drug-likeness (QED) is 0.738. The third-order valence-corrected chi connectivity index (χ3v) is 3.84. The normalized spacial score (nSPS) is 12.1. The van der Waals surface area contributed by atoms with Crippen molar-refractivity contribution < 1.29 is 17.9 Å². The van der Waals surface area contributed by atoms with Crippen LogP contribution in [0.2, 0.25) is 0 Å². The summed E-state index contributed by atoms with van der Waals surface area (Å²) in [5.74, 6) is 0. The van der Waals surface area contributed by atoms with Crippen LogP contribution in [-0.2, 0) is 17.5 Å². The van der Waals surface area contributed by atoms with E-state index in [-0.39, 0.29) is 18.3 Å². The van der Waals surface area contributed by atoms with Gasteiger partial charge in [0.2, 0.25) is 0 Å². The van der Waals surface area contributed by atoms with Crippen LogP contribution < -0.4 is 0 Å². The van der Waals surface area contributed by atoms with Crippen molar-refractivity contribution in [2.75, 3.05) is 0 Å². The van der Waals surface area contributed by atoms with Crippen molar-refractivity contribution in [2.24, 2.45) is 0 Å². The SMILES string of the molecule is CC(C)OCc1cc(-c2ccccc2)c(C(F)(F)F)s1. The number of rotatable bonds is 4. The summed E-state index contributed by atoms with van der Waals surface area (Å²) in [4.78, 5) is 0.0240. The highest BCUT2D eigenvalue weighted by Crippen LogP contribution is 2.42. The van der Waals surface area contributed by atoms with Crippen molar-refractivity contribution >= 4 is 11.3 Å². The molecule has 2 aromatic rings. The van der Waals surface area contributed by atoms with E-state index < -0.39 is 11.1 Å². The number of hydrogen-bond donors (Lipinski definition) is 0. The molecule has 1 nitrogen and oxygen atoms in total. The molecule has 0 unspecified atom stereocenters. The third kappa shape index (κ3) is 3.61. The zero-order valence-corrected chi connectivity index (χ0v) is 12.0. The Labute approximate surface area is 120 Å². The van der Waals surface area contributed by atoms with Crippen LogP contribution in [0.25, 0.3) is 11.1 Å². The van der Waals surface area contributed by atoms with Gasteiger partial charge < -0.3 is 4.74 Å². The predicted molar refractivity (Wildman–Crippen MR) is 74.7 cm³/mol. The Kier molecular flexibility index (Phi) is 4.50. The maximum Gasteiger partial charge on any atom is 0.426 e. The van der Waals surface area contributed by atoms with Crippen LogP contribution in [0.3, 0.4) is 0 Å². The van der Waals surface area contributed by atoms with Gasteiger partial charge in [-0.15, -0.1) is 11.3 Å². The molecule has 0 aliphatic rings. The van der Waals surface area contributed by atoms with E-state index in [0.717, 1.165) is 11.3 Å². The van der Waals surface area contributed by atoms with E-state index >= 15 is 0 Å². The van der Waals surface area contributed by atoms with E-state index in [1.807, 2.05) is 13.8 Å². The lowest BCUT2D eigenvalue weighted by Crippen LogP contribution is -2.03. The van der Waals surface area contributed by atoms with Crippen LogP contribution in [0.1, 0.15) is 23.6 Å². The van der Waals surface area contributed by atoms with E-state index in [9.17, 15) is 13.2 Å². The number of benzene rings is 1. The van der Waals surface area contributed by atoms with Crippen LogP contribution in [0.15, 0.2) is 36.4 Å². The van der Waals surface area contributed by atoms with Crippen molar-refractivity contribution in [3.8, 4) is 11.1 Å². The molecule has 0 bridgehead atoms. The largest absolute Gasteiger partial charge is 0.426 e. The maximum atomic E-state index is 13.1. The first-order valence-corrected chi connectivity index (χ1v) is 7.06. The van der Waals surface area contributed by atoms with Gasteiger partial charge >= 0.3 is 6.18 Å². The van der Waals surface area contributed by atoms with Crippen LogP contribution in [0.4, 0.5) is 13.2 Å². The smallest absolute Gasteiger partial charge is 0.373 e. The molecule has 0 aliphatic carbocycles. The molecule has 0 aliphatic heterocycles. The van der Waals surface area contributed by atoms with Gasteiger partial charge in [-0.05, 0) is 25.5 Å². The summed E-state index contributed by atoms with van der Waals surface area (Å²) in [6, 6.07) is 10.2. The molecule has 108 valence electrons. The summed E-state index contributed by atoms with van der Waals surface area (Å²) < 4.78 is 44.7. The lowest BCUT2D eigenvalue weighted by atomic mass is 10.1. The molecule has 1 heterocycles. The number of halogens is 3. The van der Waals surface area contributed by atoms with Gasteiger partial charge in [0.25, 0.3) is 0 Å². The van der Waals surface area contributed by atoms with Gasteiger partial charge in [-0.3, -0.25) is 0 Å². The van der Waals surface area contributed by atoms with Crippen molar-refractivity contribution in [2.45, 2.75) is 32.7 Å². The molecule has 20 heavy (non-hydrogen) atoms.